The minimum Gasteiger partial charge on any atom is -0.481 e. The van der Waals surface area contributed by atoms with Crippen molar-refractivity contribution in [2.24, 2.45) is 0 Å². The first kappa shape index (κ1) is 45.3. The number of carbonyl (C=O) groups is 2. The molecule has 0 aromatic rings. The van der Waals surface area contributed by atoms with Crippen molar-refractivity contribution in [3.63, 3.8) is 0 Å². The van der Waals surface area contributed by atoms with Crippen LogP contribution in [-0.4, -0.2) is 49.5 Å². The summed E-state index contributed by atoms with van der Waals surface area (Å²) in [5.41, 5.74) is 0. The second-order valence-corrected chi connectivity index (χ2v) is 12.2. The van der Waals surface area contributed by atoms with Crippen molar-refractivity contribution in [2.45, 2.75) is 219 Å². The molecule has 0 aliphatic carbocycles. The fourth-order valence-corrected chi connectivity index (χ4v) is 5.30. The summed E-state index contributed by atoms with van der Waals surface area (Å²) in [6.07, 6.45) is 40.4. The van der Waals surface area contributed by atoms with Gasteiger partial charge in [-0.15, -0.1) is 0 Å². The van der Waals surface area contributed by atoms with Gasteiger partial charge in [0.1, 0.15) is 0 Å². The third-order valence-electron chi connectivity index (χ3n) is 7.99. The molecule has 0 atom stereocenters. The minimum atomic E-state index is -0.653. The molecular weight excluding hydrogens is 704 g/mol. The topological polar surface area (TPSA) is 74.6 Å². The van der Waals surface area contributed by atoms with Crippen LogP contribution in [0.3, 0.4) is 0 Å². The number of hydrogen-bond acceptors (Lipinski definition) is 2. The van der Waals surface area contributed by atoms with E-state index in [1.165, 1.54) is 167 Å². The molecule has 0 saturated heterocycles. The van der Waals surface area contributed by atoms with Gasteiger partial charge in [-0.25, -0.2) is 0 Å². The van der Waals surface area contributed by atoms with Gasteiger partial charge in [0.15, 0.2) is 0 Å². The molecule has 0 heterocycles. The summed E-state index contributed by atoms with van der Waals surface area (Å²) in [5, 5.41) is 17.0. The molecule has 41 heavy (non-hydrogen) atoms. The molecule has 0 rings (SSSR count). The Bertz CT molecular complexity index is 454. The Balaban J connectivity index is -0.000000688. The van der Waals surface area contributed by atoms with Crippen molar-refractivity contribution >= 4 is 39.2 Å². The van der Waals surface area contributed by atoms with Gasteiger partial charge in [-0.1, -0.05) is 194 Å². The molecule has 0 aromatic heterocycles. The molecular formula is C36H72O4Pb. The van der Waals surface area contributed by atoms with E-state index < -0.39 is 11.9 Å². The maximum Gasteiger partial charge on any atom is 0.303 e. The Labute approximate surface area is 277 Å². The monoisotopic (exact) mass is 777 g/mol. The van der Waals surface area contributed by atoms with E-state index in [0.29, 0.717) is 12.8 Å². The first-order valence-corrected chi connectivity index (χ1v) is 18.0. The van der Waals surface area contributed by atoms with Crippen LogP contribution >= 0.6 is 0 Å². The number of rotatable bonds is 32. The Morgan fingerprint density at radius 3 is 0.610 bits per heavy atom. The molecule has 0 unspecified atom stereocenters. The van der Waals surface area contributed by atoms with Crippen LogP contribution < -0.4 is 0 Å². The molecule has 5 heteroatoms. The van der Waals surface area contributed by atoms with Gasteiger partial charge in [0.2, 0.25) is 0 Å². The molecule has 244 valence electrons. The molecule has 0 spiro atoms. The molecule has 0 aliphatic rings. The molecule has 0 saturated carbocycles. The van der Waals surface area contributed by atoms with Gasteiger partial charge in [0, 0.05) is 40.1 Å². The summed E-state index contributed by atoms with van der Waals surface area (Å²) in [6, 6.07) is 0. The number of aliphatic carboxylic acids is 2. The van der Waals surface area contributed by atoms with E-state index in [1.54, 1.807) is 0 Å². The van der Waals surface area contributed by atoms with Gasteiger partial charge in [-0.2, -0.15) is 0 Å². The zero-order valence-corrected chi connectivity index (χ0v) is 31.7. The van der Waals surface area contributed by atoms with E-state index in [1.807, 2.05) is 0 Å². The van der Waals surface area contributed by atoms with Crippen molar-refractivity contribution in [3.05, 3.63) is 0 Å². The molecule has 0 aliphatic heterocycles. The Kier molecular flexibility index (Phi) is 46.4. The second-order valence-electron chi connectivity index (χ2n) is 12.2. The van der Waals surface area contributed by atoms with Crippen molar-refractivity contribution in [3.8, 4) is 0 Å². The summed E-state index contributed by atoms with van der Waals surface area (Å²) in [6.45, 7) is 4.54. The normalized spacial score (nSPS) is 10.6. The van der Waals surface area contributed by atoms with Crippen LogP contribution in [0.15, 0.2) is 0 Å². The SMILES string of the molecule is CCCCCCCCCCCCCCCCCC(=O)O.CCCCCCCCCCCCCCCCCC(=O)O.[Pb]. The van der Waals surface area contributed by atoms with E-state index in [-0.39, 0.29) is 27.3 Å². The van der Waals surface area contributed by atoms with E-state index in [0.717, 1.165) is 25.7 Å². The summed E-state index contributed by atoms with van der Waals surface area (Å²) in [5.74, 6) is -1.31. The van der Waals surface area contributed by atoms with Crippen LogP contribution in [0, 0.1) is 0 Å². The van der Waals surface area contributed by atoms with Gasteiger partial charge < -0.3 is 10.2 Å². The second kappa shape index (κ2) is 42.0. The molecule has 4 nitrogen and oxygen atoms in total. The molecule has 0 fully saturated rings. The predicted octanol–water partition coefficient (Wildman–Crippen LogP) is 12.3. The van der Waals surface area contributed by atoms with Crippen LogP contribution in [0.2, 0.25) is 0 Å². The third-order valence-corrected chi connectivity index (χ3v) is 7.99. The Morgan fingerprint density at radius 1 is 0.317 bits per heavy atom. The van der Waals surface area contributed by atoms with E-state index in [4.69, 9.17) is 10.2 Å². The van der Waals surface area contributed by atoms with Gasteiger partial charge in [0.25, 0.3) is 0 Å². The number of carboxylic acids is 2. The smallest absolute Gasteiger partial charge is 0.303 e. The van der Waals surface area contributed by atoms with Crippen LogP contribution in [0.1, 0.15) is 219 Å². The fourth-order valence-electron chi connectivity index (χ4n) is 5.30. The number of hydrogen-bond donors (Lipinski definition) is 2. The Hall–Kier alpha value is -0.138. The van der Waals surface area contributed by atoms with Crippen LogP contribution in [0.25, 0.3) is 0 Å². The van der Waals surface area contributed by atoms with E-state index >= 15 is 0 Å². The molecule has 0 bridgehead atoms. The van der Waals surface area contributed by atoms with Crippen LogP contribution in [0.4, 0.5) is 0 Å². The van der Waals surface area contributed by atoms with Crippen molar-refractivity contribution in [2.75, 3.05) is 0 Å². The van der Waals surface area contributed by atoms with E-state index in [2.05, 4.69) is 13.8 Å². The summed E-state index contributed by atoms with van der Waals surface area (Å²) < 4.78 is 0. The molecule has 0 amide bonds. The Morgan fingerprint density at radius 2 is 0.463 bits per heavy atom. The van der Waals surface area contributed by atoms with Crippen molar-refractivity contribution < 1.29 is 19.8 Å². The molecule has 2 N–H and O–H groups in total. The summed E-state index contributed by atoms with van der Waals surface area (Å²) >= 11 is 0. The maximum atomic E-state index is 10.3. The first-order valence-electron chi connectivity index (χ1n) is 18.0. The van der Waals surface area contributed by atoms with Crippen LogP contribution in [0.5, 0.6) is 0 Å². The maximum absolute atomic E-state index is 10.3. The average molecular weight is 776 g/mol. The third kappa shape index (κ3) is 49.8. The number of carboxylic acid groups (broad SMARTS) is 2. The minimum absolute atomic E-state index is 0. The largest absolute Gasteiger partial charge is 0.481 e. The fraction of sp³-hybridized carbons (Fsp3) is 0.944. The summed E-state index contributed by atoms with van der Waals surface area (Å²) in [7, 11) is 0. The zero-order valence-electron chi connectivity index (χ0n) is 27.8. The first-order chi connectivity index (χ1) is 19.5. The average Bonchev–Trinajstić information content (AvgIpc) is 2.93. The van der Waals surface area contributed by atoms with Crippen molar-refractivity contribution in [1.82, 2.24) is 0 Å². The van der Waals surface area contributed by atoms with Gasteiger partial charge in [-0.05, 0) is 12.8 Å². The summed E-state index contributed by atoms with van der Waals surface area (Å²) in [4.78, 5) is 20.7. The number of unbranched alkanes of at least 4 members (excludes halogenated alkanes) is 28. The van der Waals surface area contributed by atoms with Gasteiger partial charge >= 0.3 is 11.9 Å². The predicted molar refractivity (Wildman–Crippen MR) is 180 cm³/mol. The standard InChI is InChI=1S/2C18H36O2.Pb/c2*1-2-3-4-5-6-7-8-9-10-11-12-13-14-15-16-17-18(19)20;/h2*2-17H2,1H3,(H,19,20);. The van der Waals surface area contributed by atoms with E-state index in [9.17, 15) is 9.59 Å². The molecule has 4 radical (unpaired) electrons. The van der Waals surface area contributed by atoms with Crippen molar-refractivity contribution in [1.29, 1.82) is 0 Å². The zero-order chi connectivity index (χ0) is 29.8. The molecule has 0 aromatic carbocycles. The van der Waals surface area contributed by atoms with Gasteiger partial charge in [0.05, 0.1) is 0 Å². The van der Waals surface area contributed by atoms with Gasteiger partial charge in [-0.3, -0.25) is 9.59 Å². The quantitative estimate of drug-likeness (QED) is 0.0527. The van der Waals surface area contributed by atoms with Crippen LogP contribution in [-0.2, 0) is 9.59 Å².